The van der Waals surface area contributed by atoms with Gasteiger partial charge < -0.3 is 23.5 Å². The number of imidazole rings is 1. The first-order chi connectivity index (χ1) is 17.1. The normalized spacial score (nSPS) is 15.4. The summed E-state index contributed by atoms with van der Waals surface area (Å²) in [5, 5.41) is 0. The summed E-state index contributed by atoms with van der Waals surface area (Å²) in [5.41, 5.74) is 4.51. The van der Waals surface area contributed by atoms with Crippen LogP contribution in [0.4, 0.5) is 0 Å². The van der Waals surface area contributed by atoms with Crippen LogP contribution in [0.5, 0.6) is 17.2 Å². The molecule has 0 bridgehead atoms. The number of carbonyl (C=O) groups is 1. The maximum Gasteiger partial charge on any atom is 0.254 e. The van der Waals surface area contributed by atoms with Crippen LogP contribution in [0.3, 0.4) is 0 Å². The predicted octanol–water partition coefficient (Wildman–Crippen LogP) is 5.22. The number of pyridine rings is 1. The maximum atomic E-state index is 13.4. The van der Waals surface area contributed by atoms with Crippen LogP contribution in [0, 0.1) is 6.92 Å². The summed E-state index contributed by atoms with van der Waals surface area (Å²) in [6.45, 7) is 3.10. The molecule has 2 aromatic carbocycles. The van der Waals surface area contributed by atoms with Gasteiger partial charge >= 0.3 is 0 Å². The Labute approximate surface area is 204 Å². The Morgan fingerprint density at radius 2 is 1.86 bits per heavy atom. The zero-order chi connectivity index (χ0) is 24.4. The molecule has 1 aliphatic rings. The van der Waals surface area contributed by atoms with Crippen molar-refractivity contribution in [3.8, 4) is 17.2 Å². The van der Waals surface area contributed by atoms with Gasteiger partial charge in [-0.3, -0.25) is 4.79 Å². The summed E-state index contributed by atoms with van der Waals surface area (Å²) in [4.78, 5) is 20.0. The summed E-state index contributed by atoms with van der Waals surface area (Å²) in [7, 11) is 3.29. The van der Waals surface area contributed by atoms with Crippen LogP contribution in [0.15, 0.2) is 67.0 Å². The molecule has 3 heterocycles. The van der Waals surface area contributed by atoms with E-state index in [0.717, 1.165) is 46.8 Å². The molecule has 1 fully saturated rings. The molecule has 0 spiro atoms. The zero-order valence-corrected chi connectivity index (χ0v) is 20.2. The molecule has 1 unspecified atom stereocenters. The molecule has 7 nitrogen and oxygen atoms in total. The molecule has 2 aromatic heterocycles. The third-order valence-corrected chi connectivity index (χ3v) is 6.53. The summed E-state index contributed by atoms with van der Waals surface area (Å²) in [6.07, 6.45) is 5.78. The predicted molar refractivity (Wildman–Crippen MR) is 133 cm³/mol. The van der Waals surface area contributed by atoms with E-state index < -0.39 is 0 Å². The van der Waals surface area contributed by atoms with Crippen molar-refractivity contribution < 1.29 is 19.0 Å². The van der Waals surface area contributed by atoms with Gasteiger partial charge in [-0.15, -0.1) is 0 Å². The largest absolute Gasteiger partial charge is 0.497 e. The number of methoxy groups -OCH3 is 2. The summed E-state index contributed by atoms with van der Waals surface area (Å²) in [6, 6.07) is 17.0. The van der Waals surface area contributed by atoms with Crippen molar-refractivity contribution in [1.29, 1.82) is 0 Å². The molecule has 4 aromatic rings. The number of likely N-dealkylation sites (tertiary alicyclic amines) is 1. The number of hydrogen-bond donors (Lipinski definition) is 0. The Balaban J connectivity index is 1.29. The first-order valence-electron chi connectivity index (χ1n) is 11.8. The average molecular weight is 472 g/mol. The van der Waals surface area contributed by atoms with Gasteiger partial charge in [0.25, 0.3) is 5.91 Å². The molecule has 0 aliphatic carbocycles. The molecule has 0 saturated carbocycles. The van der Waals surface area contributed by atoms with Crippen LogP contribution in [-0.4, -0.2) is 41.0 Å². The lowest BCUT2D eigenvalue weighted by Crippen LogP contribution is -2.30. The minimum absolute atomic E-state index is 0.000232. The van der Waals surface area contributed by atoms with Crippen LogP contribution >= 0.6 is 0 Å². The van der Waals surface area contributed by atoms with Gasteiger partial charge in [0.1, 0.15) is 29.5 Å². The highest BCUT2D eigenvalue weighted by Crippen LogP contribution is 2.39. The van der Waals surface area contributed by atoms with E-state index in [4.69, 9.17) is 14.2 Å². The van der Waals surface area contributed by atoms with E-state index in [1.54, 1.807) is 14.2 Å². The van der Waals surface area contributed by atoms with E-state index in [9.17, 15) is 4.79 Å². The van der Waals surface area contributed by atoms with Gasteiger partial charge in [-0.2, -0.15) is 0 Å². The van der Waals surface area contributed by atoms with Crippen LogP contribution in [0.25, 0.3) is 5.65 Å². The average Bonchev–Trinajstić information content (AvgIpc) is 3.55. The first-order valence-corrected chi connectivity index (χ1v) is 11.8. The van der Waals surface area contributed by atoms with Gasteiger partial charge in [-0.25, -0.2) is 4.98 Å². The lowest BCUT2D eigenvalue weighted by Gasteiger charge is -2.27. The molecule has 0 N–H and O–H groups in total. The van der Waals surface area contributed by atoms with E-state index in [1.165, 1.54) is 0 Å². The van der Waals surface area contributed by atoms with Crippen molar-refractivity contribution in [3.05, 3.63) is 89.4 Å². The minimum atomic E-state index is -0.0537. The molecule has 1 aliphatic heterocycles. The van der Waals surface area contributed by atoms with E-state index in [2.05, 4.69) is 4.98 Å². The van der Waals surface area contributed by atoms with Gasteiger partial charge in [0.15, 0.2) is 0 Å². The van der Waals surface area contributed by atoms with Gasteiger partial charge in [-0.05, 0) is 73.9 Å². The van der Waals surface area contributed by atoms with Crippen molar-refractivity contribution >= 4 is 11.6 Å². The molecule has 1 atom stereocenters. The van der Waals surface area contributed by atoms with Gasteiger partial charge in [0.2, 0.25) is 0 Å². The van der Waals surface area contributed by atoms with Crippen LogP contribution in [0.1, 0.15) is 46.1 Å². The number of amides is 1. The lowest BCUT2D eigenvalue weighted by molar-refractivity contribution is 0.0734. The minimum Gasteiger partial charge on any atom is -0.497 e. The second-order valence-electron chi connectivity index (χ2n) is 8.73. The molecular weight excluding hydrogens is 442 g/mol. The maximum absolute atomic E-state index is 13.4. The molecular formula is C28H29N3O4. The van der Waals surface area contributed by atoms with E-state index >= 15 is 0 Å². The van der Waals surface area contributed by atoms with Crippen molar-refractivity contribution in [2.24, 2.45) is 0 Å². The third kappa shape index (κ3) is 4.54. The number of benzene rings is 2. The Hall–Kier alpha value is -4.00. The number of aryl methyl sites for hydroxylation is 1. The molecule has 1 saturated heterocycles. The van der Waals surface area contributed by atoms with Crippen LogP contribution in [0.2, 0.25) is 0 Å². The fraction of sp³-hybridized carbons (Fsp3) is 0.286. The quantitative estimate of drug-likeness (QED) is 0.370. The van der Waals surface area contributed by atoms with Crippen molar-refractivity contribution in [2.75, 3.05) is 20.8 Å². The topological polar surface area (TPSA) is 65.3 Å². The standard InChI is InChI=1S/C28H29N3O4/c1-19-6-4-14-30-17-21(29-27(19)30)18-35-22-10-8-20(9-11-22)28(32)31-15-5-7-25(31)24-16-23(33-2)12-13-26(24)34-3/h4,6,8-14,16-17,25H,5,7,15,18H2,1-3H3. The van der Waals surface area contributed by atoms with Gasteiger partial charge in [0, 0.05) is 30.1 Å². The summed E-state index contributed by atoms with van der Waals surface area (Å²) < 4.78 is 18.9. The fourth-order valence-electron chi connectivity index (χ4n) is 4.72. The second kappa shape index (κ2) is 9.70. The molecule has 1 amide bonds. The van der Waals surface area contributed by atoms with Crippen LogP contribution < -0.4 is 14.2 Å². The number of nitrogens with zero attached hydrogens (tertiary/aromatic N) is 3. The smallest absolute Gasteiger partial charge is 0.254 e. The van der Waals surface area contributed by atoms with Gasteiger partial charge in [-0.1, -0.05) is 6.07 Å². The van der Waals surface area contributed by atoms with E-state index in [0.29, 0.717) is 24.5 Å². The molecule has 7 heteroatoms. The number of fused-ring (bicyclic) bond motifs is 1. The highest BCUT2D eigenvalue weighted by Gasteiger charge is 2.32. The monoisotopic (exact) mass is 471 g/mol. The number of rotatable bonds is 7. The fourth-order valence-corrected chi connectivity index (χ4v) is 4.72. The molecule has 180 valence electrons. The third-order valence-electron chi connectivity index (χ3n) is 6.53. The van der Waals surface area contributed by atoms with Crippen molar-refractivity contribution in [2.45, 2.75) is 32.4 Å². The Kier molecular flexibility index (Phi) is 6.31. The van der Waals surface area contributed by atoms with Gasteiger partial charge in [0.05, 0.1) is 26.0 Å². The Morgan fingerprint density at radius 1 is 1.06 bits per heavy atom. The SMILES string of the molecule is COc1ccc(OC)c(C2CCCN2C(=O)c2ccc(OCc3cn4cccc(C)c4n3)cc2)c1. The highest BCUT2D eigenvalue weighted by molar-refractivity contribution is 5.94. The summed E-state index contributed by atoms with van der Waals surface area (Å²) in [5.74, 6) is 2.21. The van der Waals surface area contributed by atoms with E-state index in [-0.39, 0.29) is 11.9 Å². The number of carbonyl (C=O) groups excluding carboxylic acids is 1. The number of hydrogen-bond acceptors (Lipinski definition) is 5. The molecule has 5 rings (SSSR count). The number of ether oxygens (including phenoxy) is 3. The van der Waals surface area contributed by atoms with Crippen LogP contribution in [-0.2, 0) is 6.61 Å². The Morgan fingerprint density at radius 3 is 2.60 bits per heavy atom. The van der Waals surface area contributed by atoms with Crippen molar-refractivity contribution in [3.63, 3.8) is 0 Å². The number of aromatic nitrogens is 2. The second-order valence-corrected chi connectivity index (χ2v) is 8.73. The first kappa shape index (κ1) is 22.8. The lowest BCUT2D eigenvalue weighted by atomic mass is 10.0. The summed E-state index contributed by atoms with van der Waals surface area (Å²) >= 11 is 0. The Bertz CT molecular complexity index is 1350. The van der Waals surface area contributed by atoms with Crippen molar-refractivity contribution in [1.82, 2.24) is 14.3 Å². The molecule has 35 heavy (non-hydrogen) atoms. The van der Waals surface area contributed by atoms with E-state index in [1.807, 2.05) is 83.2 Å². The zero-order valence-electron chi connectivity index (χ0n) is 20.2. The molecule has 0 radical (unpaired) electrons. The highest BCUT2D eigenvalue weighted by atomic mass is 16.5.